The predicted octanol–water partition coefficient (Wildman–Crippen LogP) is -0.600. The van der Waals surface area contributed by atoms with Crippen LogP contribution in [0.2, 0.25) is 0 Å². The lowest BCUT2D eigenvalue weighted by Crippen LogP contribution is -2.44. The quantitative estimate of drug-likeness (QED) is 0.154. The van der Waals surface area contributed by atoms with Crippen molar-refractivity contribution >= 4 is 5.96 Å². The number of ether oxygens (including phenoxy) is 2. The third-order valence-corrected chi connectivity index (χ3v) is 2.52. The molecule has 0 rings (SSSR count). The maximum atomic E-state index is 5.40. The van der Waals surface area contributed by atoms with Crippen LogP contribution in [0.15, 0.2) is 4.99 Å². The molecule has 0 aliphatic heterocycles. The van der Waals surface area contributed by atoms with Crippen LogP contribution in [0, 0.1) is 0 Å². The second-order valence-corrected chi connectivity index (χ2v) is 4.15. The normalized spacial score (nSPS) is 11.9. The Kier molecular flexibility index (Phi) is 12.9. The van der Waals surface area contributed by atoms with Crippen molar-refractivity contribution in [1.82, 2.24) is 15.6 Å². The number of likely N-dealkylation sites (N-methyl/N-ethyl adjacent to an activating group) is 1. The van der Waals surface area contributed by atoms with Crippen molar-refractivity contribution in [2.45, 2.75) is 13.3 Å². The Morgan fingerprint density at radius 3 is 2.74 bits per heavy atom. The Morgan fingerprint density at radius 2 is 2.11 bits per heavy atom. The first-order valence-electron chi connectivity index (χ1n) is 6.74. The van der Waals surface area contributed by atoms with E-state index in [1.165, 1.54) is 0 Å². The summed E-state index contributed by atoms with van der Waals surface area (Å²) < 4.78 is 10.3. The zero-order chi connectivity index (χ0) is 14.3. The van der Waals surface area contributed by atoms with E-state index in [0.29, 0.717) is 12.5 Å². The number of nitrogens with two attached hydrogens (primary N) is 1. The van der Waals surface area contributed by atoms with E-state index < -0.39 is 0 Å². The van der Waals surface area contributed by atoms with Gasteiger partial charge in [-0.25, -0.2) is 5.84 Å². The Bertz CT molecular complexity index is 226. The van der Waals surface area contributed by atoms with Gasteiger partial charge in [-0.15, -0.1) is 0 Å². The van der Waals surface area contributed by atoms with Gasteiger partial charge in [-0.2, -0.15) is 0 Å². The molecule has 4 N–H and O–H groups in total. The molecule has 0 saturated carbocycles. The van der Waals surface area contributed by atoms with Crippen LogP contribution >= 0.6 is 0 Å². The van der Waals surface area contributed by atoms with Crippen LogP contribution in [0.5, 0.6) is 0 Å². The molecule has 7 heteroatoms. The molecule has 0 radical (unpaired) electrons. The third-order valence-electron chi connectivity index (χ3n) is 2.52. The molecule has 19 heavy (non-hydrogen) atoms. The summed E-state index contributed by atoms with van der Waals surface area (Å²) in [5.41, 5.74) is 2.56. The summed E-state index contributed by atoms with van der Waals surface area (Å²) in [5.74, 6) is 6.02. The number of methoxy groups -OCH3 is 1. The maximum absolute atomic E-state index is 5.40. The Morgan fingerprint density at radius 1 is 1.32 bits per heavy atom. The van der Waals surface area contributed by atoms with Gasteiger partial charge in [-0.3, -0.25) is 10.4 Å². The molecule has 0 aliphatic carbocycles. The van der Waals surface area contributed by atoms with E-state index in [2.05, 4.69) is 27.7 Å². The highest BCUT2D eigenvalue weighted by Gasteiger charge is 1.99. The fourth-order valence-corrected chi connectivity index (χ4v) is 1.38. The van der Waals surface area contributed by atoms with E-state index in [-0.39, 0.29) is 0 Å². The van der Waals surface area contributed by atoms with Gasteiger partial charge in [0.1, 0.15) is 0 Å². The van der Waals surface area contributed by atoms with Gasteiger partial charge in [0.05, 0.1) is 6.61 Å². The number of aliphatic imine (C=N–C) groups is 1. The van der Waals surface area contributed by atoms with Crippen LogP contribution in [0.4, 0.5) is 0 Å². The number of hydrazine groups is 1. The molecule has 0 atom stereocenters. The molecule has 0 heterocycles. The van der Waals surface area contributed by atoms with Gasteiger partial charge in [0.2, 0.25) is 5.96 Å². The van der Waals surface area contributed by atoms with E-state index in [1.807, 2.05) is 6.92 Å². The molecule has 0 amide bonds. The number of hydrogen-bond donors (Lipinski definition) is 3. The van der Waals surface area contributed by atoms with Crippen LogP contribution in [-0.4, -0.2) is 71.0 Å². The third kappa shape index (κ3) is 11.9. The number of hydrogen-bond acceptors (Lipinski definition) is 5. The van der Waals surface area contributed by atoms with E-state index in [1.54, 1.807) is 7.11 Å². The first kappa shape index (κ1) is 18.1. The zero-order valence-electron chi connectivity index (χ0n) is 12.4. The average molecular weight is 275 g/mol. The Hall–Kier alpha value is -0.890. The van der Waals surface area contributed by atoms with Gasteiger partial charge in [-0.1, -0.05) is 0 Å². The van der Waals surface area contributed by atoms with Gasteiger partial charge in [0.25, 0.3) is 0 Å². The minimum absolute atomic E-state index is 0.622. The van der Waals surface area contributed by atoms with Crippen molar-refractivity contribution in [3.8, 4) is 0 Å². The number of nitrogens with one attached hydrogen (secondary N) is 2. The molecule has 7 nitrogen and oxygen atoms in total. The molecule has 0 aromatic carbocycles. The summed E-state index contributed by atoms with van der Waals surface area (Å²) in [6, 6.07) is 0. The van der Waals surface area contributed by atoms with E-state index in [9.17, 15) is 0 Å². The standard InChI is InChI=1S/C12H29N5O2/c1-4-19-10-5-6-14-12(16-13)15-7-8-17(2)9-11-18-3/h4-11,13H2,1-3H3,(H2,14,15,16). The lowest BCUT2D eigenvalue weighted by molar-refractivity contribution is 0.146. The van der Waals surface area contributed by atoms with Crippen molar-refractivity contribution in [3.63, 3.8) is 0 Å². The van der Waals surface area contributed by atoms with E-state index in [0.717, 1.165) is 45.9 Å². The minimum atomic E-state index is 0.622. The highest BCUT2D eigenvalue weighted by Crippen LogP contribution is 1.85. The molecule has 0 spiro atoms. The number of guanidine groups is 1. The molecular weight excluding hydrogens is 246 g/mol. The van der Waals surface area contributed by atoms with Gasteiger partial charge < -0.3 is 19.7 Å². The van der Waals surface area contributed by atoms with Gasteiger partial charge in [0, 0.05) is 46.5 Å². The van der Waals surface area contributed by atoms with E-state index >= 15 is 0 Å². The zero-order valence-corrected chi connectivity index (χ0v) is 12.4. The highest BCUT2D eigenvalue weighted by atomic mass is 16.5. The monoisotopic (exact) mass is 275 g/mol. The second kappa shape index (κ2) is 13.5. The fourth-order valence-electron chi connectivity index (χ4n) is 1.38. The van der Waals surface area contributed by atoms with E-state index in [4.69, 9.17) is 15.3 Å². The summed E-state index contributed by atoms with van der Waals surface area (Å²) in [6.07, 6.45) is 0.897. The SMILES string of the molecule is CCOCCCN=C(NN)NCCN(C)CCOC. The summed E-state index contributed by atoms with van der Waals surface area (Å²) in [5, 5.41) is 3.16. The lowest BCUT2D eigenvalue weighted by atomic mass is 10.4. The Balaban J connectivity index is 3.65. The van der Waals surface area contributed by atoms with Crippen LogP contribution in [0.1, 0.15) is 13.3 Å². The lowest BCUT2D eigenvalue weighted by Gasteiger charge is -2.17. The molecule has 0 bridgehead atoms. The van der Waals surface area contributed by atoms with Crippen molar-refractivity contribution in [2.24, 2.45) is 10.8 Å². The molecule has 0 aromatic rings. The summed E-state index contributed by atoms with van der Waals surface area (Å²) >= 11 is 0. The number of nitrogens with zero attached hydrogens (tertiary/aromatic N) is 2. The van der Waals surface area contributed by atoms with Gasteiger partial charge >= 0.3 is 0 Å². The largest absolute Gasteiger partial charge is 0.383 e. The fraction of sp³-hybridized carbons (Fsp3) is 0.917. The first-order chi connectivity index (χ1) is 9.24. The van der Waals surface area contributed by atoms with Crippen molar-refractivity contribution in [2.75, 3.05) is 60.2 Å². The molecule has 0 fully saturated rings. The molecule has 0 saturated heterocycles. The second-order valence-electron chi connectivity index (χ2n) is 4.15. The minimum Gasteiger partial charge on any atom is -0.383 e. The van der Waals surface area contributed by atoms with Crippen molar-refractivity contribution in [1.29, 1.82) is 0 Å². The maximum Gasteiger partial charge on any atom is 0.205 e. The summed E-state index contributed by atoms with van der Waals surface area (Å²) in [7, 11) is 3.76. The van der Waals surface area contributed by atoms with Crippen molar-refractivity contribution in [3.05, 3.63) is 0 Å². The average Bonchev–Trinajstić information content (AvgIpc) is 2.42. The molecule has 0 unspecified atom stereocenters. The Labute approximate surface area is 116 Å². The smallest absolute Gasteiger partial charge is 0.205 e. The van der Waals surface area contributed by atoms with Crippen molar-refractivity contribution < 1.29 is 9.47 Å². The van der Waals surface area contributed by atoms with Crippen LogP contribution in [-0.2, 0) is 9.47 Å². The molecule has 114 valence electrons. The molecule has 0 aliphatic rings. The molecule has 0 aromatic heterocycles. The molecular formula is C12H29N5O2. The highest BCUT2D eigenvalue weighted by molar-refractivity contribution is 5.79. The van der Waals surface area contributed by atoms with Crippen LogP contribution < -0.4 is 16.6 Å². The topological polar surface area (TPSA) is 84.1 Å². The number of rotatable bonds is 11. The summed E-state index contributed by atoms with van der Waals surface area (Å²) in [6.45, 7) is 7.51. The first-order valence-corrected chi connectivity index (χ1v) is 6.74. The van der Waals surface area contributed by atoms with Crippen LogP contribution in [0.25, 0.3) is 0 Å². The summed E-state index contributed by atoms with van der Waals surface area (Å²) in [4.78, 5) is 6.50. The predicted molar refractivity (Wildman–Crippen MR) is 78.1 cm³/mol. The van der Waals surface area contributed by atoms with Gasteiger partial charge in [0.15, 0.2) is 0 Å². The van der Waals surface area contributed by atoms with Gasteiger partial charge in [-0.05, 0) is 20.4 Å². The van der Waals surface area contributed by atoms with Crippen LogP contribution in [0.3, 0.4) is 0 Å².